The first-order valence-electron chi connectivity index (χ1n) is 3.48. The smallest absolute Gasteiger partial charge is 0.103 e. The van der Waals surface area contributed by atoms with Crippen LogP contribution in [-0.4, -0.2) is 6.04 Å². The molecule has 0 bridgehead atoms. The van der Waals surface area contributed by atoms with Gasteiger partial charge in [0.2, 0.25) is 0 Å². The molecule has 1 aliphatic carbocycles. The number of quaternary nitrogens is 1. The van der Waals surface area contributed by atoms with E-state index in [-0.39, 0.29) is 0 Å². The Morgan fingerprint density at radius 3 is 2.12 bits per heavy atom. The molecule has 1 saturated carbocycles. The molecule has 0 amide bonds. The van der Waals surface area contributed by atoms with E-state index in [2.05, 4.69) is 0 Å². The van der Waals surface area contributed by atoms with E-state index >= 15 is 0 Å². The maximum Gasteiger partial charge on any atom is 0.103 e. The second-order valence-corrected chi connectivity index (χ2v) is 2.59. The van der Waals surface area contributed by atoms with Crippen LogP contribution in [0.25, 0.3) is 0 Å². The minimum absolute atomic E-state index is 0.740. The summed E-state index contributed by atoms with van der Waals surface area (Å²) in [6.45, 7) is 0. The van der Waals surface area contributed by atoms with Crippen molar-refractivity contribution in [2.75, 3.05) is 0 Å². The van der Waals surface area contributed by atoms with Crippen molar-refractivity contribution in [1.82, 2.24) is 0 Å². The first kappa shape index (κ1) is 6.05. The van der Waals surface area contributed by atoms with Crippen LogP contribution in [0.15, 0.2) is 0 Å². The van der Waals surface area contributed by atoms with Gasteiger partial charge in [-0.2, -0.15) is 5.84 Å². The summed E-state index contributed by atoms with van der Waals surface area (Å²) in [7, 11) is 0. The summed E-state index contributed by atoms with van der Waals surface area (Å²) in [5.41, 5.74) is 1.86. The van der Waals surface area contributed by atoms with Gasteiger partial charge in [-0.15, -0.1) is 0 Å². The minimum Gasteiger partial charge on any atom is -0.269 e. The third-order valence-corrected chi connectivity index (χ3v) is 1.92. The fourth-order valence-electron chi connectivity index (χ4n) is 1.33. The highest BCUT2D eigenvalue weighted by molar-refractivity contribution is 4.61. The van der Waals surface area contributed by atoms with Crippen molar-refractivity contribution in [3.63, 3.8) is 0 Å². The lowest BCUT2D eigenvalue weighted by Crippen LogP contribution is -2.96. The van der Waals surface area contributed by atoms with Gasteiger partial charge in [-0.25, -0.2) is 0 Å². The Morgan fingerprint density at radius 2 is 1.75 bits per heavy atom. The topological polar surface area (TPSA) is 42.6 Å². The van der Waals surface area contributed by atoms with Crippen molar-refractivity contribution in [2.24, 2.45) is 5.84 Å². The largest absolute Gasteiger partial charge is 0.269 e. The molecular weight excluding hydrogens is 100 g/mol. The molecular formula is C6H15N2+. The van der Waals surface area contributed by atoms with Gasteiger partial charge < -0.3 is 0 Å². The van der Waals surface area contributed by atoms with Crippen LogP contribution < -0.4 is 11.3 Å². The van der Waals surface area contributed by atoms with Crippen molar-refractivity contribution in [3.05, 3.63) is 0 Å². The van der Waals surface area contributed by atoms with Gasteiger partial charge in [0, 0.05) is 12.8 Å². The van der Waals surface area contributed by atoms with E-state index in [0.717, 1.165) is 6.04 Å². The predicted molar refractivity (Wildman–Crippen MR) is 33.0 cm³/mol. The molecule has 8 heavy (non-hydrogen) atoms. The van der Waals surface area contributed by atoms with E-state index in [1.54, 1.807) is 0 Å². The second kappa shape index (κ2) is 3.05. The molecule has 4 N–H and O–H groups in total. The summed E-state index contributed by atoms with van der Waals surface area (Å²) in [5.74, 6) is 5.38. The van der Waals surface area contributed by atoms with E-state index in [9.17, 15) is 0 Å². The second-order valence-electron chi connectivity index (χ2n) is 2.59. The third-order valence-electron chi connectivity index (χ3n) is 1.92. The standard InChI is InChI=1S/C6H14N2/c7-8-6-4-2-1-3-5-6/h6,8H,1-5,7H2/p+1. The van der Waals surface area contributed by atoms with E-state index in [1.165, 1.54) is 32.1 Å². The van der Waals surface area contributed by atoms with Gasteiger partial charge in [-0.05, 0) is 12.8 Å². The minimum atomic E-state index is 0.740. The number of hydrogen-bond acceptors (Lipinski definition) is 1. The molecule has 0 aromatic carbocycles. The van der Waals surface area contributed by atoms with Crippen LogP contribution in [0.3, 0.4) is 0 Å². The van der Waals surface area contributed by atoms with E-state index in [1.807, 2.05) is 5.43 Å². The van der Waals surface area contributed by atoms with Gasteiger partial charge in [0.15, 0.2) is 0 Å². The lowest BCUT2D eigenvalue weighted by Gasteiger charge is -2.16. The molecule has 2 nitrogen and oxygen atoms in total. The van der Waals surface area contributed by atoms with Crippen molar-refractivity contribution >= 4 is 0 Å². The lowest BCUT2D eigenvalue weighted by atomic mass is 9.96. The van der Waals surface area contributed by atoms with Gasteiger partial charge >= 0.3 is 0 Å². The van der Waals surface area contributed by atoms with E-state index < -0.39 is 0 Å². The van der Waals surface area contributed by atoms with Crippen molar-refractivity contribution in [1.29, 1.82) is 0 Å². The molecule has 1 aliphatic rings. The van der Waals surface area contributed by atoms with Gasteiger partial charge in [0.25, 0.3) is 0 Å². The zero-order chi connectivity index (χ0) is 5.82. The average Bonchev–Trinajstić information content (AvgIpc) is 1.90. The Labute approximate surface area is 50.4 Å². The summed E-state index contributed by atoms with van der Waals surface area (Å²) in [4.78, 5) is 0. The Bertz CT molecular complexity index is 57.5. The maximum absolute atomic E-state index is 5.38. The lowest BCUT2D eigenvalue weighted by molar-refractivity contribution is -0.704. The first-order valence-corrected chi connectivity index (χ1v) is 3.48. The van der Waals surface area contributed by atoms with E-state index in [4.69, 9.17) is 5.84 Å². The predicted octanol–water partition coefficient (Wildman–Crippen LogP) is -0.244. The Hall–Kier alpha value is -0.0800. The summed E-state index contributed by atoms with van der Waals surface area (Å²) >= 11 is 0. The zero-order valence-corrected chi connectivity index (χ0v) is 5.27. The molecule has 0 spiro atoms. The highest BCUT2D eigenvalue weighted by Crippen LogP contribution is 2.13. The molecule has 2 heteroatoms. The highest BCUT2D eigenvalue weighted by atomic mass is 15.2. The third kappa shape index (κ3) is 1.46. The number of hydrogen-bond donors (Lipinski definition) is 2. The maximum atomic E-state index is 5.38. The molecule has 0 heterocycles. The molecule has 0 radical (unpaired) electrons. The normalized spacial score (nSPS) is 23.6. The zero-order valence-electron chi connectivity index (χ0n) is 5.27. The molecule has 0 atom stereocenters. The average molecular weight is 115 g/mol. The monoisotopic (exact) mass is 115 g/mol. The van der Waals surface area contributed by atoms with Crippen LogP contribution >= 0.6 is 0 Å². The summed E-state index contributed by atoms with van der Waals surface area (Å²) in [6, 6.07) is 0.740. The van der Waals surface area contributed by atoms with Crippen LogP contribution in [0.5, 0.6) is 0 Å². The molecule has 0 aromatic rings. The quantitative estimate of drug-likeness (QED) is 0.359. The van der Waals surface area contributed by atoms with Gasteiger partial charge in [-0.3, -0.25) is 5.43 Å². The fraction of sp³-hybridized carbons (Fsp3) is 1.00. The van der Waals surface area contributed by atoms with Crippen LogP contribution in [-0.2, 0) is 0 Å². The molecule has 0 saturated heterocycles. The van der Waals surface area contributed by atoms with Crippen LogP contribution in [0.1, 0.15) is 32.1 Å². The van der Waals surface area contributed by atoms with E-state index in [0.29, 0.717) is 0 Å². The number of nitrogens with two attached hydrogens (primary N) is 2. The Kier molecular flexibility index (Phi) is 2.30. The molecule has 1 rings (SSSR count). The molecule has 0 aliphatic heterocycles. The van der Waals surface area contributed by atoms with Crippen LogP contribution in [0.4, 0.5) is 0 Å². The Morgan fingerprint density at radius 1 is 1.12 bits per heavy atom. The summed E-state index contributed by atoms with van der Waals surface area (Å²) < 4.78 is 0. The molecule has 48 valence electrons. The molecule has 0 unspecified atom stereocenters. The molecule has 0 aromatic heterocycles. The van der Waals surface area contributed by atoms with Gasteiger partial charge in [0.1, 0.15) is 6.04 Å². The molecule has 1 fully saturated rings. The summed E-state index contributed by atoms with van der Waals surface area (Å²) in [5, 5.41) is 0. The van der Waals surface area contributed by atoms with Crippen molar-refractivity contribution in [3.8, 4) is 0 Å². The van der Waals surface area contributed by atoms with Crippen LogP contribution in [0.2, 0.25) is 0 Å². The van der Waals surface area contributed by atoms with Crippen molar-refractivity contribution < 1.29 is 5.43 Å². The SMILES string of the molecule is N[NH2+]C1CCCCC1. The Balaban J connectivity index is 2.13. The van der Waals surface area contributed by atoms with Crippen molar-refractivity contribution in [2.45, 2.75) is 38.1 Å². The fourth-order valence-corrected chi connectivity index (χ4v) is 1.33. The van der Waals surface area contributed by atoms with Gasteiger partial charge in [0.05, 0.1) is 0 Å². The number of rotatable bonds is 1. The first-order chi connectivity index (χ1) is 3.93. The highest BCUT2D eigenvalue weighted by Gasteiger charge is 2.13. The van der Waals surface area contributed by atoms with Crippen LogP contribution in [0, 0.1) is 0 Å². The summed E-state index contributed by atoms with van der Waals surface area (Å²) in [6.07, 6.45) is 6.86. The van der Waals surface area contributed by atoms with Gasteiger partial charge in [-0.1, -0.05) is 6.42 Å².